The smallest absolute Gasteiger partial charge is 0.426 e. The van der Waals surface area contributed by atoms with Crippen LogP contribution in [0.3, 0.4) is 0 Å². The summed E-state index contributed by atoms with van der Waals surface area (Å²) in [4.78, 5) is 17.5. The minimum absolute atomic E-state index is 0.0610. The molecule has 0 unspecified atom stereocenters. The molecule has 12 heteroatoms. The predicted octanol–water partition coefficient (Wildman–Crippen LogP) is 5.86. The third kappa shape index (κ3) is 6.10. The van der Waals surface area contributed by atoms with Crippen LogP contribution in [0.25, 0.3) is 0 Å². The number of alkyl halides is 6. The summed E-state index contributed by atoms with van der Waals surface area (Å²) in [5.74, 6) is 0. The summed E-state index contributed by atoms with van der Waals surface area (Å²) in [6, 6.07) is 6.10. The molecule has 3 saturated heterocycles. The Hall–Kier alpha value is -1.88. The average molecular weight is 528 g/mol. The van der Waals surface area contributed by atoms with Gasteiger partial charge in [-0.25, -0.2) is 4.79 Å². The number of amides is 1. The highest BCUT2D eigenvalue weighted by Gasteiger charge is 2.60. The Kier molecular flexibility index (Phi) is 7.39. The van der Waals surface area contributed by atoms with E-state index in [9.17, 15) is 31.1 Å². The second-order valence-corrected chi connectivity index (χ2v) is 10.2. The van der Waals surface area contributed by atoms with Crippen LogP contribution in [0, 0.1) is 5.41 Å². The average Bonchev–Trinajstić information content (AvgIpc) is 3.42. The fourth-order valence-corrected chi connectivity index (χ4v) is 5.67. The number of halogens is 7. The van der Waals surface area contributed by atoms with Crippen molar-refractivity contribution in [3.63, 3.8) is 0 Å². The Bertz CT molecular complexity index is 897. The van der Waals surface area contributed by atoms with Crippen LogP contribution in [0.15, 0.2) is 18.2 Å². The normalized spacial score (nSPS) is 21.4. The van der Waals surface area contributed by atoms with Gasteiger partial charge in [0.05, 0.1) is 10.7 Å². The van der Waals surface area contributed by atoms with Crippen molar-refractivity contribution >= 4 is 23.4 Å². The molecule has 0 aromatic heterocycles. The molecule has 0 saturated carbocycles. The zero-order valence-corrected chi connectivity index (χ0v) is 19.9. The highest BCUT2D eigenvalue weighted by Crippen LogP contribution is 2.42. The molecule has 1 amide bonds. The number of carbonyl (C=O) groups excluding carboxylic acids is 1. The summed E-state index contributed by atoms with van der Waals surface area (Å²) in [6.07, 6.45) is -13.0. The maximum Gasteiger partial charge on any atom is 0.434 e. The molecule has 196 valence electrons. The SMILES string of the molecule is O=C(OC(C(F)(F)F)C(F)(F)F)N1CCC2(CCN(Cc3ccc(N4CCCC4)c(Cl)c3)C2)CC1. The second-order valence-electron chi connectivity index (χ2n) is 9.77. The molecule has 3 aliphatic heterocycles. The number of nitrogens with zero attached hydrogens (tertiary/aromatic N) is 3. The molecule has 0 N–H and O–H groups in total. The molecular weight excluding hydrogens is 500 g/mol. The maximum atomic E-state index is 12.7. The lowest BCUT2D eigenvalue weighted by Gasteiger charge is -2.39. The molecule has 4 rings (SSSR count). The van der Waals surface area contributed by atoms with E-state index >= 15 is 0 Å². The van der Waals surface area contributed by atoms with E-state index in [2.05, 4.69) is 20.6 Å². The van der Waals surface area contributed by atoms with Gasteiger partial charge in [-0.2, -0.15) is 26.3 Å². The first-order valence-corrected chi connectivity index (χ1v) is 12.1. The number of rotatable bonds is 4. The molecular formula is C23H28ClF6N3O2. The van der Waals surface area contributed by atoms with E-state index in [1.807, 2.05) is 12.1 Å². The Morgan fingerprint density at radius 1 is 0.971 bits per heavy atom. The van der Waals surface area contributed by atoms with Crippen molar-refractivity contribution in [2.45, 2.75) is 57.1 Å². The number of piperidine rings is 1. The lowest BCUT2D eigenvalue weighted by atomic mass is 9.78. The van der Waals surface area contributed by atoms with Gasteiger partial charge in [0, 0.05) is 39.3 Å². The number of hydrogen-bond donors (Lipinski definition) is 0. The lowest BCUT2D eigenvalue weighted by molar-refractivity contribution is -0.308. The van der Waals surface area contributed by atoms with Crippen molar-refractivity contribution < 1.29 is 35.9 Å². The van der Waals surface area contributed by atoms with Crippen molar-refractivity contribution in [2.24, 2.45) is 5.41 Å². The van der Waals surface area contributed by atoms with Crippen molar-refractivity contribution in [3.8, 4) is 0 Å². The fourth-order valence-electron chi connectivity index (χ4n) is 5.35. The molecule has 3 aliphatic rings. The van der Waals surface area contributed by atoms with Crippen LogP contribution in [0.4, 0.5) is 36.8 Å². The maximum absolute atomic E-state index is 12.7. The number of carbonyl (C=O) groups is 1. The number of ether oxygens (including phenoxy) is 1. The van der Waals surface area contributed by atoms with Gasteiger partial charge >= 0.3 is 18.4 Å². The first-order valence-electron chi connectivity index (χ1n) is 11.7. The quantitative estimate of drug-likeness (QED) is 0.460. The first-order chi connectivity index (χ1) is 16.4. The first kappa shape index (κ1) is 26.2. The van der Waals surface area contributed by atoms with Gasteiger partial charge in [-0.3, -0.25) is 4.90 Å². The topological polar surface area (TPSA) is 36.0 Å². The minimum atomic E-state index is -5.72. The van der Waals surface area contributed by atoms with Crippen LogP contribution >= 0.6 is 11.6 Å². The summed E-state index contributed by atoms with van der Waals surface area (Å²) in [7, 11) is 0. The van der Waals surface area contributed by atoms with Gasteiger partial charge in [0.15, 0.2) is 0 Å². The van der Waals surface area contributed by atoms with E-state index in [-0.39, 0.29) is 18.5 Å². The van der Waals surface area contributed by atoms with Gasteiger partial charge in [0.2, 0.25) is 0 Å². The summed E-state index contributed by atoms with van der Waals surface area (Å²) >= 11 is 6.52. The van der Waals surface area contributed by atoms with E-state index in [1.165, 1.54) is 0 Å². The molecule has 5 nitrogen and oxygen atoms in total. The van der Waals surface area contributed by atoms with Crippen molar-refractivity contribution in [3.05, 3.63) is 28.8 Å². The molecule has 1 aromatic carbocycles. The molecule has 3 heterocycles. The monoisotopic (exact) mass is 527 g/mol. The Morgan fingerprint density at radius 3 is 2.14 bits per heavy atom. The molecule has 0 aliphatic carbocycles. The van der Waals surface area contributed by atoms with Crippen molar-refractivity contribution in [1.29, 1.82) is 0 Å². The summed E-state index contributed by atoms with van der Waals surface area (Å²) in [6.45, 7) is 4.40. The van der Waals surface area contributed by atoms with E-state index < -0.39 is 24.5 Å². The molecule has 1 spiro atoms. The van der Waals surface area contributed by atoms with Gasteiger partial charge < -0.3 is 14.5 Å². The zero-order valence-electron chi connectivity index (χ0n) is 19.1. The number of likely N-dealkylation sites (tertiary alicyclic amines) is 2. The van der Waals surface area contributed by atoms with Gasteiger partial charge in [0.25, 0.3) is 6.10 Å². The molecule has 1 aromatic rings. The van der Waals surface area contributed by atoms with E-state index in [4.69, 9.17) is 11.6 Å². The lowest BCUT2D eigenvalue weighted by Crippen LogP contribution is -2.50. The van der Waals surface area contributed by atoms with Crippen LogP contribution in [0.1, 0.15) is 37.7 Å². The fraction of sp³-hybridized carbons (Fsp3) is 0.696. The van der Waals surface area contributed by atoms with Gasteiger partial charge in [-0.05, 0) is 61.8 Å². The zero-order chi connectivity index (χ0) is 25.4. The summed E-state index contributed by atoms with van der Waals surface area (Å²) < 4.78 is 80.0. The summed E-state index contributed by atoms with van der Waals surface area (Å²) in [5, 5.41) is 0.723. The Labute approximate surface area is 204 Å². The van der Waals surface area contributed by atoms with Crippen molar-refractivity contribution in [2.75, 3.05) is 44.2 Å². The highest BCUT2D eigenvalue weighted by molar-refractivity contribution is 6.33. The van der Waals surface area contributed by atoms with E-state index in [0.29, 0.717) is 19.4 Å². The van der Waals surface area contributed by atoms with Gasteiger partial charge in [-0.15, -0.1) is 0 Å². The van der Waals surface area contributed by atoms with E-state index in [0.717, 1.165) is 66.6 Å². The highest BCUT2D eigenvalue weighted by atomic mass is 35.5. The third-order valence-corrected chi connectivity index (χ3v) is 7.58. The van der Waals surface area contributed by atoms with Crippen LogP contribution in [-0.4, -0.2) is 73.6 Å². The number of anilines is 1. The van der Waals surface area contributed by atoms with Crippen LogP contribution in [0.2, 0.25) is 5.02 Å². The van der Waals surface area contributed by atoms with E-state index in [1.54, 1.807) is 0 Å². The molecule has 0 radical (unpaired) electrons. The van der Waals surface area contributed by atoms with Gasteiger partial charge in [-0.1, -0.05) is 17.7 Å². The largest absolute Gasteiger partial charge is 0.434 e. The number of hydrogen-bond acceptors (Lipinski definition) is 4. The molecule has 0 bridgehead atoms. The minimum Gasteiger partial charge on any atom is -0.426 e. The van der Waals surface area contributed by atoms with Crippen LogP contribution in [-0.2, 0) is 11.3 Å². The number of benzene rings is 1. The molecule has 3 fully saturated rings. The third-order valence-electron chi connectivity index (χ3n) is 7.28. The molecule has 35 heavy (non-hydrogen) atoms. The summed E-state index contributed by atoms with van der Waals surface area (Å²) in [5.41, 5.74) is 2.01. The second kappa shape index (κ2) is 9.88. The Balaban J connectivity index is 1.29. The molecule has 0 atom stereocenters. The van der Waals surface area contributed by atoms with Crippen molar-refractivity contribution in [1.82, 2.24) is 9.80 Å². The van der Waals surface area contributed by atoms with Crippen LogP contribution < -0.4 is 4.90 Å². The van der Waals surface area contributed by atoms with Crippen LogP contribution in [0.5, 0.6) is 0 Å². The Morgan fingerprint density at radius 2 is 1.57 bits per heavy atom. The predicted molar refractivity (Wildman–Crippen MR) is 118 cm³/mol. The standard InChI is InChI=1S/C23H28ClF6N3O2/c24-17-13-16(3-4-18(17)32-8-1-2-9-32)14-31-10-5-21(15-31)6-11-33(12-7-21)20(34)35-19(22(25,26)27)23(28,29)30/h3-4,13,19H,1-2,5-12,14-15H2. The van der Waals surface area contributed by atoms with Gasteiger partial charge in [0.1, 0.15) is 0 Å².